The number of rotatable bonds is 6. The molecular formula is C11H22N2O. The van der Waals surface area contributed by atoms with E-state index in [0.29, 0.717) is 0 Å². The number of methoxy groups -OCH3 is 1. The quantitative estimate of drug-likeness (QED) is 0.680. The topological polar surface area (TPSA) is 24.5 Å². The highest BCUT2D eigenvalue weighted by molar-refractivity contribution is 4.82. The molecule has 1 aliphatic carbocycles. The van der Waals surface area contributed by atoms with E-state index in [0.717, 1.165) is 18.6 Å². The van der Waals surface area contributed by atoms with Gasteiger partial charge in [-0.1, -0.05) is 0 Å². The Bertz CT molecular complexity index is 171. The minimum atomic E-state index is 0.779. The second kappa shape index (κ2) is 5.10. The van der Waals surface area contributed by atoms with Gasteiger partial charge in [-0.15, -0.1) is 0 Å². The Morgan fingerprint density at radius 3 is 2.93 bits per heavy atom. The molecule has 3 nitrogen and oxygen atoms in total. The molecule has 2 rings (SSSR count). The van der Waals surface area contributed by atoms with Gasteiger partial charge in [0.05, 0.1) is 6.61 Å². The summed E-state index contributed by atoms with van der Waals surface area (Å²) in [5.74, 6) is 0.779. The van der Waals surface area contributed by atoms with Crippen LogP contribution in [0.1, 0.15) is 19.3 Å². The number of hydrogen-bond donors (Lipinski definition) is 1. The molecule has 14 heavy (non-hydrogen) atoms. The molecule has 1 saturated carbocycles. The van der Waals surface area contributed by atoms with Crippen molar-refractivity contribution in [2.24, 2.45) is 5.92 Å². The van der Waals surface area contributed by atoms with E-state index < -0.39 is 0 Å². The summed E-state index contributed by atoms with van der Waals surface area (Å²) in [5.41, 5.74) is 0. The molecule has 1 heterocycles. The van der Waals surface area contributed by atoms with E-state index in [1.54, 1.807) is 7.11 Å². The number of nitrogens with one attached hydrogen (secondary N) is 1. The van der Waals surface area contributed by atoms with E-state index in [-0.39, 0.29) is 0 Å². The summed E-state index contributed by atoms with van der Waals surface area (Å²) in [6, 6.07) is 0.854. The Labute approximate surface area is 86.8 Å². The Hall–Kier alpha value is -0.120. The maximum absolute atomic E-state index is 5.18. The Morgan fingerprint density at radius 1 is 1.36 bits per heavy atom. The third kappa shape index (κ3) is 3.23. The van der Waals surface area contributed by atoms with Gasteiger partial charge in [0.25, 0.3) is 0 Å². The van der Waals surface area contributed by atoms with Crippen molar-refractivity contribution >= 4 is 0 Å². The molecule has 1 unspecified atom stereocenters. The van der Waals surface area contributed by atoms with Gasteiger partial charge in [0, 0.05) is 32.8 Å². The molecule has 2 aliphatic rings. The van der Waals surface area contributed by atoms with Crippen LogP contribution in [0.15, 0.2) is 0 Å². The van der Waals surface area contributed by atoms with Gasteiger partial charge in [-0.25, -0.2) is 0 Å². The van der Waals surface area contributed by atoms with Crippen LogP contribution in [0.4, 0.5) is 0 Å². The normalized spacial score (nSPS) is 28.5. The van der Waals surface area contributed by atoms with Crippen molar-refractivity contribution in [3.63, 3.8) is 0 Å². The smallest absolute Gasteiger partial charge is 0.0503 e. The molecule has 2 fully saturated rings. The van der Waals surface area contributed by atoms with Crippen LogP contribution in [0.3, 0.4) is 0 Å². The molecular weight excluding hydrogens is 176 g/mol. The number of ether oxygens (including phenoxy) is 1. The lowest BCUT2D eigenvalue weighted by Gasteiger charge is -2.15. The Kier molecular flexibility index (Phi) is 3.79. The summed E-state index contributed by atoms with van der Waals surface area (Å²) in [7, 11) is 1.80. The van der Waals surface area contributed by atoms with E-state index in [4.69, 9.17) is 4.74 Å². The summed E-state index contributed by atoms with van der Waals surface area (Å²) in [6.07, 6.45) is 4.11. The molecule has 0 bridgehead atoms. The Morgan fingerprint density at radius 2 is 2.21 bits per heavy atom. The summed E-state index contributed by atoms with van der Waals surface area (Å²) < 4.78 is 5.18. The third-order valence-corrected chi connectivity index (χ3v) is 3.21. The summed E-state index contributed by atoms with van der Waals surface area (Å²) >= 11 is 0. The highest BCUT2D eigenvalue weighted by Crippen LogP contribution is 2.19. The van der Waals surface area contributed by atoms with Crippen molar-refractivity contribution in [1.82, 2.24) is 10.2 Å². The molecule has 0 aromatic carbocycles. The van der Waals surface area contributed by atoms with Gasteiger partial charge in [-0.3, -0.25) is 0 Å². The van der Waals surface area contributed by atoms with E-state index in [2.05, 4.69) is 10.2 Å². The first kappa shape index (κ1) is 10.4. The van der Waals surface area contributed by atoms with Crippen molar-refractivity contribution in [3.05, 3.63) is 0 Å². The van der Waals surface area contributed by atoms with Gasteiger partial charge in [-0.2, -0.15) is 0 Å². The van der Waals surface area contributed by atoms with Crippen LogP contribution in [0.25, 0.3) is 0 Å². The monoisotopic (exact) mass is 198 g/mol. The van der Waals surface area contributed by atoms with Crippen molar-refractivity contribution < 1.29 is 4.74 Å². The average molecular weight is 198 g/mol. The van der Waals surface area contributed by atoms with Gasteiger partial charge in [0.1, 0.15) is 0 Å². The van der Waals surface area contributed by atoms with Crippen molar-refractivity contribution in [2.45, 2.75) is 25.3 Å². The lowest BCUT2D eigenvalue weighted by molar-refractivity contribution is 0.153. The molecule has 82 valence electrons. The van der Waals surface area contributed by atoms with Crippen LogP contribution in [-0.2, 0) is 4.74 Å². The zero-order chi connectivity index (χ0) is 9.80. The largest absolute Gasteiger partial charge is 0.384 e. The highest BCUT2D eigenvalue weighted by Gasteiger charge is 2.23. The van der Waals surface area contributed by atoms with E-state index in [9.17, 15) is 0 Å². The number of nitrogens with zero attached hydrogens (tertiary/aromatic N) is 1. The van der Waals surface area contributed by atoms with Crippen LogP contribution < -0.4 is 5.32 Å². The molecule has 0 aromatic heterocycles. The average Bonchev–Trinajstić information content (AvgIpc) is 2.88. The molecule has 1 N–H and O–H groups in total. The molecule has 1 saturated heterocycles. The molecule has 1 aliphatic heterocycles. The second-order valence-corrected chi connectivity index (χ2v) is 4.64. The third-order valence-electron chi connectivity index (χ3n) is 3.21. The van der Waals surface area contributed by atoms with Crippen LogP contribution in [0.5, 0.6) is 0 Å². The summed E-state index contributed by atoms with van der Waals surface area (Å²) in [5, 5.41) is 3.56. The maximum atomic E-state index is 5.18. The minimum absolute atomic E-state index is 0.779. The second-order valence-electron chi connectivity index (χ2n) is 4.64. The van der Waals surface area contributed by atoms with Crippen molar-refractivity contribution in [1.29, 1.82) is 0 Å². The van der Waals surface area contributed by atoms with Gasteiger partial charge in [-0.05, 0) is 31.7 Å². The zero-order valence-electron chi connectivity index (χ0n) is 9.17. The fourth-order valence-electron chi connectivity index (χ4n) is 2.20. The molecule has 0 spiro atoms. The molecule has 1 atom stereocenters. The lowest BCUT2D eigenvalue weighted by Crippen LogP contribution is -2.31. The van der Waals surface area contributed by atoms with Gasteiger partial charge < -0.3 is 15.0 Å². The van der Waals surface area contributed by atoms with Crippen LogP contribution in [0, 0.1) is 5.92 Å². The minimum Gasteiger partial charge on any atom is -0.384 e. The number of likely N-dealkylation sites (tertiary alicyclic amines) is 1. The van der Waals surface area contributed by atoms with Gasteiger partial charge >= 0.3 is 0 Å². The Balaban J connectivity index is 1.53. The van der Waals surface area contributed by atoms with Gasteiger partial charge in [0.15, 0.2) is 0 Å². The van der Waals surface area contributed by atoms with Crippen LogP contribution in [0.2, 0.25) is 0 Å². The number of hydrogen-bond acceptors (Lipinski definition) is 3. The SMILES string of the molecule is COCC1CCN(CCNC2CC2)C1. The van der Waals surface area contributed by atoms with Crippen LogP contribution in [-0.4, -0.2) is 50.8 Å². The highest BCUT2D eigenvalue weighted by atomic mass is 16.5. The zero-order valence-corrected chi connectivity index (χ0v) is 9.17. The molecule has 3 heteroatoms. The van der Waals surface area contributed by atoms with E-state index in [1.807, 2.05) is 0 Å². The molecule has 0 radical (unpaired) electrons. The van der Waals surface area contributed by atoms with Crippen molar-refractivity contribution in [3.8, 4) is 0 Å². The molecule has 0 aromatic rings. The van der Waals surface area contributed by atoms with E-state index in [1.165, 1.54) is 45.4 Å². The predicted molar refractivity (Wildman–Crippen MR) is 57.4 cm³/mol. The fourth-order valence-corrected chi connectivity index (χ4v) is 2.20. The van der Waals surface area contributed by atoms with E-state index >= 15 is 0 Å². The fraction of sp³-hybridized carbons (Fsp3) is 1.00. The maximum Gasteiger partial charge on any atom is 0.0503 e. The van der Waals surface area contributed by atoms with Crippen molar-refractivity contribution in [2.75, 3.05) is 39.9 Å². The van der Waals surface area contributed by atoms with Crippen LogP contribution >= 0.6 is 0 Å². The standard InChI is InChI=1S/C11H22N2O/c1-14-9-10-4-6-13(8-10)7-5-12-11-2-3-11/h10-12H,2-9H2,1H3. The predicted octanol–water partition coefficient (Wildman–Crippen LogP) is 0.707. The summed E-state index contributed by atoms with van der Waals surface area (Å²) in [6.45, 7) is 5.83. The van der Waals surface area contributed by atoms with Gasteiger partial charge in [0.2, 0.25) is 0 Å². The summed E-state index contributed by atoms with van der Waals surface area (Å²) in [4.78, 5) is 2.55. The first-order valence-corrected chi connectivity index (χ1v) is 5.83. The lowest BCUT2D eigenvalue weighted by atomic mass is 10.1. The first-order valence-electron chi connectivity index (χ1n) is 5.83. The first-order chi connectivity index (χ1) is 6.88. The molecule has 0 amide bonds.